The maximum absolute atomic E-state index is 11.9. The zero-order valence-corrected chi connectivity index (χ0v) is 12.8. The van der Waals surface area contributed by atoms with Gasteiger partial charge < -0.3 is 5.11 Å². The Hall–Kier alpha value is -0.313. The van der Waals surface area contributed by atoms with Gasteiger partial charge in [-0.15, -0.1) is 0 Å². The molecule has 1 atom stereocenters. The first-order chi connectivity index (χ1) is 8.13. The summed E-state index contributed by atoms with van der Waals surface area (Å²) < 4.78 is 0. The minimum absolute atomic E-state index is 0.316. The molecule has 0 amide bonds. The van der Waals surface area contributed by atoms with Crippen molar-refractivity contribution in [1.29, 1.82) is 0 Å². The summed E-state index contributed by atoms with van der Waals surface area (Å²) >= 11 is 0. The zero-order chi connectivity index (χ0) is 12.9. The molecule has 1 N–H and O–H groups in total. The molecule has 0 heterocycles. The van der Waals surface area contributed by atoms with Crippen LogP contribution in [0.5, 0.6) is 0 Å². The highest BCUT2D eigenvalue weighted by Gasteiger charge is 2.49. The molecule has 0 aromatic rings. The molecule has 0 spiro atoms. The van der Waals surface area contributed by atoms with Gasteiger partial charge in [0, 0.05) is 0 Å². The summed E-state index contributed by atoms with van der Waals surface area (Å²) in [6.07, 6.45) is 6.96. The summed E-state index contributed by atoms with van der Waals surface area (Å²) in [6, 6.07) is 2.26. The largest absolute Gasteiger partial charge is 0.481 e. The van der Waals surface area contributed by atoms with Crippen LogP contribution in [0.25, 0.3) is 0 Å². The Morgan fingerprint density at radius 2 is 1.71 bits per heavy atom. The summed E-state index contributed by atoms with van der Waals surface area (Å²) in [7, 11) is -1.17. The highest BCUT2D eigenvalue weighted by atomic mass is 28.3. The van der Waals surface area contributed by atoms with E-state index in [0.29, 0.717) is 5.92 Å². The lowest BCUT2D eigenvalue weighted by Gasteiger charge is -2.43. The third-order valence-electron chi connectivity index (χ3n) is 5.03. The number of aliphatic carboxylic acids is 1. The third-order valence-corrected chi connectivity index (χ3v) is 9.59. The first-order valence-corrected chi connectivity index (χ1v) is 9.57. The molecule has 0 aromatic heterocycles. The van der Waals surface area contributed by atoms with E-state index in [2.05, 4.69) is 20.8 Å². The molecular formula is C14H28O2Si. The summed E-state index contributed by atoms with van der Waals surface area (Å²) in [4.78, 5) is 11.9. The van der Waals surface area contributed by atoms with Crippen LogP contribution in [0.2, 0.25) is 17.1 Å². The summed E-state index contributed by atoms with van der Waals surface area (Å²) in [6.45, 7) is 6.52. The van der Waals surface area contributed by atoms with Crippen molar-refractivity contribution in [3.8, 4) is 0 Å². The van der Waals surface area contributed by atoms with Gasteiger partial charge in [0.05, 0.1) is 13.8 Å². The Balaban J connectivity index is 3.01. The average Bonchev–Trinajstić information content (AvgIpc) is 2.36. The van der Waals surface area contributed by atoms with E-state index >= 15 is 0 Å². The van der Waals surface area contributed by atoms with Gasteiger partial charge in [-0.05, 0) is 25.2 Å². The first-order valence-electron chi connectivity index (χ1n) is 7.36. The maximum Gasteiger partial charge on any atom is 0.306 e. The molecule has 0 radical (unpaired) electrons. The van der Waals surface area contributed by atoms with Crippen molar-refractivity contribution < 1.29 is 9.90 Å². The topological polar surface area (TPSA) is 37.3 Å². The molecule has 1 fully saturated rings. The molecule has 0 aromatic carbocycles. The quantitative estimate of drug-likeness (QED) is 0.727. The van der Waals surface area contributed by atoms with Crippen LogP contribution in [0, 0.1) is 5.92 Å². The monoisotopic (exact) mass is 256 g/mol. The molecular weight excluding hydrogens is 228 g/mol. The van der Waals surface area contributed by atoms with Gasteiger partial charge in [0.25, 0.3) is 0 Å². The van der Waals surface area contributed by atoms with E-state index in [1.54, 1.807) is 0 Å². The van der Waals surface area contributed by atoms with Crippen molar-refractivity contribution in [3.05, 3.63) is 0 Å². The maximum atomic E-state index is 11.9. The number of rotatable bonds is 6. The molecule has 1 unspecified atom stereocenters. The second kappa shape index (κ2) is 6.57. The van der Waals surface area contributed by atoms with E-state index in [1.165, 1.54) is 19.3 Å². The summed E-state index contributed by atoms with van der Waals surface area (Å²) in [5, 5.41) is 9.53. The lowest BCUT2D eigenvalue weighted by Crippen LogP contribution is -2.44. The van der Waals surface area contributed by atoms with Gasteiger partial charge in [0.2, 0.25) is 0 Å². The van der Waals surface area contributed by atoms with Crippen LogP contribution in [0.1, 0.15) is 59.3 Å². The third kappa shape index (κ3) is 2.75. The van der Waals surface area contributed by atoms with Crippen LogP contribution in [-0.4, -0.2) is 19.9 Å². The number of hydrogen-bond donors (Lipinski definition) is 1. The Kier molecular flexibility index (Phi) is 5.70. The molecule has 17 heavy (non-hydrogen) atoms. The van der Waals surface area contributed by atoms with Crippen molar-refractivity contribution in [2.45, 2.75) is 76.4 Å². The molecule has 1 rings (SSSR count). The number of hydrogen-bond acceptors (Lipinski definition) is 1. The second-order valence-corrected chi connectivity index (χ2v) is 9.60. The van der Waals surface area contributed by atoms with Gasteiger partial charge >= 0.3 is 5.97 Å². The molecule has 1 aliphatic carbocycles. The minimum Gasteiger partial charge on any atom is -0.481 e. The Morgan fingerprint density at radius 3 is 2.06 bits per heavy atom. The molecule has 0 bridgehead atoms. The van der Waals surface area contributed by atoms with Gasteiger partial charge in [-0.3, -0.25) is 4.79 Å². The smallest absolute Gasteiger partial charge is 0.306 e. The summed E-state index contributed by atoms with van der Waals surface area (Å²) in [5.41, 5.74) is 0. The molecule has 100 valence electrons. The molecule has 0 saturated heterocycles. The highest BCUT2D eigenvalue weighted by molar-refractivity contribution is 6.66. The van der Waals surface area contributed by atoms with E-state index in [4.69, 9.17) is 0 Å². The van der Waals surface area contributed by atoms with Crippen molar-refractivity contribution >= 4 is 14.8 Å². The van der Waals surface area contributed by atoms with Crippen LogP contribution in [0.4, 0.5) is 0 Å². The second-order valence-electron chi connectivity index (χ2n) is 5.55. The average molecular weight is 256 g/mol. The number of carboxylic acid groups (broad SMARTS) is 1. The van der Waals surface area contributed by atoms with Crippen molar-refractivity contribution in [1.82, 2.24) is 0 Å². The van der Waals surface area contributed by atoms with Crippen molar-refractivity contribution in [3.63, 3.8) is 0 Å². The van der Waals surface area contributed by atoms with Gasteiger partial charge in [0.1, 0.15) is 0 Å². The normalized spacial score (nSPS) is 21.4. The van der Waals surface area contributed by atoms with Gasteiger partial charge in [-0.2, -0.15) is 0 Å². The molecule has 1 saturated carbocycles. The van der Waals surface area contributed by atoms with E-state index in [-0.39, 0.29) is 5.04 Å². The molecule has 2 nitrogen and oxygen atoms in total. The SMILES string of the molecule is CC[SiH](CC)C(CC)(C(=O)O)C1CCCCC1. The predicted molar refractivity (Wildman–Crippen MR) is 75.3 cm³/mol. The first kappa shape index (κ1) is 14.7. The fourth-order valence-corrected chi connectivity index (χ4v) is 8.01. The van der Waals surface area contributed by atoms with E-state index < -0.39 is 14.8 Å². The lowest BCUT2D eigenvalue weighted by atomic mass is 9.78. The fraction of sp³-hybridized carbons (Fsp3) is 0.929. The predicted octanol–water partition coefficient (Wildman–Crippen LogP) is 4.07. The Bertz CT molecular complexity index is 245. The van der Waals surface area contributed by atoms with Gasteiger partial charge in [-0.25, -0.2) is 0 Å². The van der Waals surface area contributed by atoms with Crippen molar-refractivity contribution in [2.24, 2.45) is 5.92 Å². The standard InChI is InChI=1S/C14H28O2Si/c1-4-14(13(15)16,17(5-2)6-3)12-10-8-7-9-11-12/h12,17H,4-11H2,1-3H3,(H,15,16). The van der Waals surface area contributed by atoms with E-state index in [0.717, 1.165) is 31.4 Å². The Morgan fingerprint density at radius 1 is 1.18 bits per heavy atom. The van der Waals surface area contributed by atoms with Crippen LogP contribution in [0.3, 0.4) is 0 Å². The lowest BCUT2D eigenvalue weighted by molar-refractivity contribution is -0.143. The van der Waals surface area contributed by atoms with Crippen LogP contribution in [-0.2, 0) is 4.79 Å². The highest BCUT2D eigenvalue weighted by Crippen LogP contribution is 2.51. The van der Waals surface area contributed by atoms with Crippen LogP contribution in [0.15, 0.2) is 0 Å². The molecule has 1 aliphatic rings. The van der Waals surface area contributed by atoms with Crippen LogP contribution < -0.4 is 0 Å². The van der Waals surface area contributed by atoms with Crippen LogP contribution >= 0.6 is 0 Å². The van der Waals surface area contributed by atoms with Gasteiger partial charge in [-0.1, -0.05) is 52.1 Å². The zero-order valence-electron chi connectivity index (χ0n) is 11.7. The summed E-state index contributed by atoms with van der Waals surface area (Å²) in [5.74, 6) is -0.0115. The fourth-order valence-electron chi connectivity index (χ4n) is 4.05. The Labute approximate surface area is 107 Å². The van der Waals surface area contributed by atoms with Crippen molar-refractivity contribution in [2.75, 3.05) is 0 Å². The van der Waals surface area contributed by atoms with E-state index in [1.807, 2.05) is 0 Å². The molecule has 3 heteroatoms. The number of carbonyl (C=O) groups is 1. The minimum atomic E-state index is -1.17. The van der Waals surface area contributed by atoms with E-state index in [9.17, 15) is 9.90 Å². The molecule has 0 aliphatic heterocycles. The number of carboxylic acids is 1. The van der Waals surface area contributed by atoms with Gasteiger partial charge in [0.15, 0.2) is 0 Å².